The lowest BCUT2D eigenvalue weighted by atomic mass is 9.87. The maximum atomic E-state index is 12.7. The fourth-order valence-corrected chi connectivity index (χ4v) is 3.39. The Morgan fingerprint density at radius 1 is 0.871 bits per heavy atom. The second-order valence-electron chi connectivity index (χ2n) is 10.2. The van der Waals surface area contributed by atoms with Crippen LogP contribution in [0.4, 0.5) is 0 Å². The second kappa shape index (κ2) is 8.83. The molecule has 1 aliphatic rings. The van der Waals surface area contributed by atoms with E-state index in [4.69, 9.17) is 9.47 Å². The van der Waals surface area contributed by atoms with E-state index in [0.29, 0.717) is 11.5 Å². The number of hydrogen-bond acceptors (Lipinski definition) is 5. The SMILES string of the molecule is CC(C)(C)C(=O)Oc1cc2c(cc1OC(=O)C(C)(C)C)C(c1ccccc1)CNCC2. The normalized spacial score (nSPS) is 16.8. The Hall–Kier alpha value is -2.66. The highest BCUT2D eigenvalue weighted by Crippen LogP contribution is 2.39. The van der Waals surface area contributed by atoms with Crippen LogP contribution in [0, 0.1) is 10.8 Å². The molecule has 0 aromatic heterocycles. The molecule has 5 heteroatoms. The quantitative estimate of drug-likeness (QED) is 0.564. The third kappa shape index (κ3) is 5.53. The van der Waals surface area contributed by atoms with Gasteiger partial charge < -0.3 is 14.8 Å². The number of benzene rings is 2. The summed E-state index contributed by atoms with van der Waals surface area (Å²) in [6.07, 6.45) is 0.798. The smallest absolute Gasteiger partial charge is 0.316 e. The molecule has 0 amide bonds. The predicted octanol–water partition coefficient (Wildman–Crippen LogP) is 4.87. The third-order valence-corrected chi connectivity index (χ3v) is 5.33. The van der Waals surface area contributed by atoms with Crippen LogP contribution in [-0.4, -0.2) is 25.0 Å². The molecule has 31 heavy (non-hydrogen) atoms. The lowest BCUT2D eigenvalue weighted by Gasteiger charge is -2.24. The van der Waals surface area contributed by atoms with Crippen LogP contribution in [0.1, 0.15) is 64.2 Å². The maximum Gasteiger partial charge on any atom is 0.316 e. The van der Waals surface area contributed by atoms with Crippen molar-refractivity contribution in [1.29, 1.82) is 0 Å². The molecule has 1 N–H and O–H groups in total. The first-order valence-corrected chi connectivity index (χ1v) is 10.8. The van der Waals surface area contributed by atoms with Gasteiger partial charge in [-0.1, -0.05) is 30.3 Å². The molecule has 0 aliphatic carbocycles. The molecule has 2 aromatic carbocycles. The van der Waals surface area contributed by atoms with Crippen molar-refractivity contribution in [1.82, 2.24) is 5.32 Å². The molecule has 0 radical (unpaired) electrons. The van der Waals surface area contributed by atoms with Gasteiger partial charge in [0.25, 0.3) is 0 Å². The molecule has 1 aliphatic heterocycles. The van der Waals surface area contributed by atoms with Gasteiger partial charge >= 0.3 is 11.9 Å². The van der Waals surface area contributed by atoms with Gasteiger partial charge in [0.1, 0.15) is 0 Å². The molecule has 0 saturated carbocycles. The molecule has 3 rings (SSSR count). The van der Waals surface area contributed by atoms with E-state index in [-0.39, 0.29) is 17.9 Å². The van der Waals surface area contributed by atoms with Crippen molar-refractivity contribution in [3.8, 4) is 11.5 Å². The Balaban J connectivity index is 2.10. The molecule has 0 spiro atoms. The van der Waals surface area contributed by atoms with E-state index in [9.17, 15) is 9.59 Å². The minimum Gasteiger partial charge on any atom is -0.422 e. The van der Waals surface area contributed by atoms with Crippen LogP contribution >= 0.6 is 0 Å². The highest BCUT2D eigenvalue weighted by Gasteiger charge is 2.30. The van der Waals surface area contributed by atoms with Crippen molar-refractivity contribution in [2.45, 2.75) is 53.9 Å². The average molecular weight is 424 g/mol. The van der Waals surface area contributed by atoms with Crippen molar-refractivity contribution in [2.24, 2.45) is 10.8 Å². The van der Waals surface area contributed by atoms with Crippen LogP contribution < -0.4 is 14.8 Å². The summed E-state index contributed by atoms with van der Waals surface area (Å²) in [7, 11) is 0. The highest BCUT2D eigenvalue weighted by atomic mass is 16.6. The molecule has 0 saturated heterocycles. The molecule has 2 aromatic rings. The number of hydrogen-bond donors (Lipinski definition) is 1. The van der Waals surface area contributed by atoms with E-state index < -0.39 is 10.8 Å². The van der Waals surface area contributed by atoms with E-state index in [1.54, 1.807) is 41.5 Å². The average Bonchev–Trinajstić information content (AvgIpc) is 2.89. The lowest BCUT2D eigenvalue weighted by molar-refractivity contribution is -0.145. The summed E-state index contributed by atoms with van der Waals surface area (Å²) in [4.78, 5) is 25.3. The fourth-order valence-electron chi connectivity index (χ4n) is 3.39. The molecule has 0 fully saturated rings. The summed E-state index contributed by atoms with van der Waals surface area (Å²) < 4.78 is 11.5. The van der Waals surface area contributed by atoms with Crippen LogP contribution in [0.2, 0.25) is 0 Å². The molecular weight excluding hydrogens is 390 g/mol. The number of fused-ring (bicyclic) bond motifs is 1. The first-order valence-electron chi connectivity index (χ1n) is 10.8. The van der Waals surface area contributed by atoms with Gasteiger partial charge in [-0.3, -0.25) is 9.59 Å². The van der Waals surface area contributed by atoms with E-state index in [2.05, 4.69) is 17.4 Å². The van der Waals surface area contributed by atoms with Crippen molar-refractivity contribution >= 4 is 11.9 Å². The lowest BCUT2D eigenvalue weighted by Crippen LogP contribution is -2.28. The Morgan fingerprint density at radius 2 is 1.42 bits per heavy atom. The Morgan fingerprint density at radius 3 is 1.97 bits per heavy atom. The molecule has 1 unspecified atom stereocenters. The first kappa shape index (κ1) is 23.0. The predicted molar refractivity (Wildman–Crippen MR) is 121 cm³/mol. The topological polar surface area (TPSA) is 64.6 Å². The Labute approximate surface area is 185 Å². The number of carbonyl (C=O) groups excluding carboxylic acids is 2. The van der Waals surface area contributed by atoms with Crippen molar-refractivity contribution < 1.29 is 19.1 Å². The van der Waals surface area contributed by atoms with E-state index in [1.807, 2.05) is 30.3 Å². The molecule has 5 nitrogen and oxygen atoms in total. The van der Waals surface area contributed by atoms with Gasteiger partial charge in [-0.2, -0.15) is 0 Å². The summed E-state index contributed by atoms with van der Waals surface area (Å²) >= 11 is 0. The van der Waals surface area contributed by atoms with Crippen molar-refractivity contribution in [3.05, 3.63) is 59.2 Å². The summed E-state index contributed by atoms with van der Waals surface area (Å²) in [5, 5.41) is 3.50. The second-order valence-corrected chi connectivity index (χ2v) is 10.2. The summed E-state index contributed by atoms with van der Waals surface area (Å²) in [6, 6.07) is 14.0. The number of carbonyl (C=O) groups is 2. The zero-order chi connectivity index (χ0) is 22.8. The van der Waals surface area contributed by atoms with E-state index in [0.717, 1.165) is 30.6 Å². The summed E-state index contributed by atoms with van der Waals surface area (Å²) in [5.74, 6) is -0.0439. The standard InChI is InChI=1S/C26H33NO4/c1-25(2,3)23(28)30-21-14-18-12-13-27-16-20(17-10-8-7-9-11-17)19(18)15-22(21)31-24(29)26(4,5)6/h7-11,14-15,20,27H,12-13,16H2,1-6H3. The third-order valence-electron chi connectivity index (χ3n) is 5.33. The minimum atomic E-state index is -0.682. The fraction of sp³-hybridized carbons (Fsp3) is 0.462. The largest absolute Gasteiger partial charge is 0.422 e. The maximum absolute atomic E-state index is 12.7. The molecule has 1 atom stereocenters. The number of nitrogens with one attached hydrogen (secondary N) is 1. The van der Waals surface area contributed by atoms with Gasteiger partial charge in [-0.15, -0.1) is 0 Å². The van der Waals surface area contributed by atoms with Crippen LogP contribution in [0.25, 0.3) is 0 Å². The summed E-state index contributed by atoms with van der Waals surface area (Å²) in [5.41, 5.74) is 2.00. The first-order chi connectivity index (χ1) is 14.5. The zero-order valence-electron chi connectivity index (χ0n) is 19.4. The van der Waals surface area contributed by atoms with Crippen LogP contribution in [0.15, 0.2) is 42.5 Å². The monoisotopic (exact) mass is 423 g/mol. The number of ether oxygens (including phenoxy) is 2. The highest BCUT2D eigenvalue weighted by molar-refractivity contribution is 5.81. The molecular formula is C26H33NO4. The van der Waals surface area contributed by atoms with Crippen LogP contribution in [-0.2, 0) is 16.0 Å². The van der Waals surface area contributed by atoms with Gasteiger partial charge in [0.2, 0.25) is 0 Å². The van der Waals surface area contributed by atoms with Crippen molar-refractivity contribution in [2.75, 3.05) is 13.1 Å². The molecule has 166 valence electrons. The number of rotatable bonds is 3. The van der Waals surface area contributed by atoms with Crippen LogP contribution in [0.5, 0.6) is 11.5 Å². The Kier molecular flexibility index (Phi) is 6.56. The minimum absolute atomic E-state index is 0.109. The number of esters is 2. The molecule has 0 bridgehead atoms. The summed E-state index contributed by atoms with van der Waals surface area (Å²) in [6.45, 7) is 12.4. The Bertz CT molecular complexity index is 952. The van der Waals surface area contributed by atoms with Crippen LogP contribution in [0.3, 0.4) is 0 Å². The molecule has 1 heterocycles. The van der Waals surface area contributed by atoms with E-state index >= 15 is 0 Å². The van der Waals surface area contributed by atoms with Gasteiger partial charge in [-0.25, -0.2) is 0 Å². The van der Waals surface area contributed by atoms with Gasteiger partial charge in [0.15, 0.2) is 11.5 Å². The van der Waals surface area contributed by atoms with Gasteiger partial charge in [0.05, 0.1) is 10.8 Å². The van der Waals surface area contributed by atoms with Gasteiger partial charge in [-0.05, 0) is 83.3 Å². The van der Waals surface area contributed by atoms with Crippen molar-refractivity contribution in [3.63, 3.8) is 0 Å². The van der Waals surface area contributed by atoms with E-state index in [1.165, 1.54) is 5.56 Å². The van der Waals surface area contributed by atoms with Gasteiger partial charge in [0, 0.05) is 12.5 Å². The zero-order valence-corrected chi connectivity index (χ0v) is 19.4.